The number of hydrogen-bond donors (Lipinski definition) is 2. The van der Waals surface area contributed by atoms with E-state index >= 15 is 0 Å². The Morgan fingerprint density at radius 3 is 2.57 bits per heavy atom. The zero-order valence-electron chi connectivity index (χ0n) is 7.46. The van der Waals surface area contributed by atoms with Gasteiger partial charge in [0, 0.05) is 13.1 Å². The van der Waals surface area contributed by atoms with E-state index in [2.05, 4.69) is 0 Å². The second-order valence-electron chi connectivity index (χ2n) is 3.32. The van der Waals surface area contributed by atoms with Crippen LogP contribution in [0.3, 0.4) is 0 Å². The quantitative estimate of drug-likeness (QED) is 0.686. The van der Waals surface area contributed by atoms with Crippen molar-refractivity contribution in [1.29, 1.82) is 0 Å². The van der Waals surface area contributed by atoms with Gasteiger partial charge in [0.25, 0.3) is 5.91 Å². The van der Waals surface area contributed by atoms with Gasteiger partial charge in [-0.2, -0.15) is 0 Å². The van der Waals surface area contributed by atoms with Crippen molar-refractivity contribution in [3.63, 3.8) is 0 Å². The van der Waals surface area contributed by atoms with Gasteiger partial charge in [-0.15, -0.1) is 11.3 Å². The van der Waals surface area contributed by atoms with E-state index in [1.807, 2.05) is 5.38 Å². The summed E-state index contributed by atoms with van der Waals surface area (Å²) in [6.45, 7) is 0.440. The molecule has 2 heterocycles. The number of rotatable bonds is 1. The monoisotopic (exact) mass is 213 g/mol. The Bertz CT molecular complexity index is 315. The second-order valence-corrected chi connectivity index (χ2v) is 4.27. The molecular weight excluding hydrogens is 202 g/mol. The molecule has 0 radical (unpaired) electrons. The third-order valence-corrected chi connectivity index (χ3v) is 3.14. The number of likely N-dealkylation sites (tertiary alicyclic amines) is 1. The maximum atomic E-state index is 11.7. The van der Waals surface area contributed by atoms with Crippen LogP contribution in [0, 0.1) is 0 Å². The molecule has 4 nitrogen and oxygen atoms in total. The Balaban J connectivity index is 2.07. The summed E-state index contributed by atoms with van der Waals surface area (Å²) in [5.74, 6) is -0.115. The number of aliphatic hydroxyl groups is 2. The second kappa shape index (κ2) is 3.68. The van der Waals surface area contributed by atoms with Crippen molar-refractivity contribution < 1.29 is 15.0 Å². The van der Waals surface area contributed by atoms with Crippen LogP contribution in [0.4, 0.5) is 0 Å². The predicted molar refractivity (Wildman–Crippen MR) is 52.2 cm³/mol. The van der Waals surface area contributed by atoms with Gasteiger partial charge in [-0.25, -0.2) is 0 Å². The minimum absolute atomic E-state index is 0.115. The predicted octanol–water partition coefficient (Wildman–Crippen LogP) is -0.0743. The van der Waals surface area contributed by atoms with Crippen molar-refractivity contribution in [1.82, 2.24) is 4.90 Å². The zero-order chi connectivity index (χ0) is 10.1. The Morgan fingerprint density at radius 2 is 2.07 bits per heavy atom. The molecule has 2 N–H and O–H groups in total. The van der Waals surface area contributed by atoms with Crippen LogP contribution in [0.25, 0.3) is 0 Å². The van der Waals surface area contributed by atoms with Crippen LogP contribution in [0.15, 0.2) is 17.5 Å². The van der Waals surface area contributed by atoms with Crippen LogP contribution in [-0.2, 0) is 0 Å². The smallest absolute Gasteiger partial charge is 0.264 e. The van der Waals surface area contributed by atoms with Crippen molar-refractivity contribution in [3.8, 4) is 0 Å². The highest BCUT2D eigenvalue weighted by atomic mass is 32.1. The van der Waals surface area contributed by atoms with E-state index in [0.29, 0.717) is 4.88 Å². The third kappa shape index (κ3) is 1.66. The molecule has 0 aliphatic carbocycles. The molecule has 1 amide bonds. The SMILES string of the molecule is O=C(c1cccs1)N1C[C@@H](O)[C@@H](O)C1. The lowest BCUT2D eigenvalue weighted by atomic mass is 10.3. The van der Waals surface area contributed by atoms with Gasteiger partial charge in [-0.3, -0.25) is 4.79 Å². The number of nitrogens with zero attached hydrogens (tertiary/aromatic N) is 1. The Labute approximate surface area is 85.4 Å². The van der Waals surface area contributed by atoms with Crippen LogP contribution in [-0.4, -0.2) is 46.3 Å². The highest BCUT2D eigenvalue weighted by Crippen LogP contribution is 2.17. The molecule has 0 spiro atoms. The number of thiophene rings is 1. The van der Waals surface area contributed by atoms with Crippen LogP contribution < -0.4 is 0 Å². The molecule has 1 aliphatic rings. The molecular formula is C9H11NO3S. The third-order valence-electron chi connectivity index (χ3n) is 2.28. The van der Waals surface area contributed by atoms with Gasteiger partial charge in [0.15, 0.2) is 0 Å². The Morgan fingerprint density at radius 1 is 1.43 bits per heavy atom. The minimum Gasteiger partial charge on any atom is -0.388 e. The van der Waals surface area contributed by atoms with Crippen molar-refractivity contribution in [2.75, 3.05) is 13.1 Å². The molecule has 1 aliphatic heterocycles. The first-order valence-corrected chi connectivity index (χ1v) is 5.25. The fourth-order valence-corrected chi connectivity index (χ4v) is 2.18. The fraction of sp³-hybridized carbons (Fsp3) is 0.444. The van der Waals surface area contributed by atoms with E-state index in [0.717, 1.165) is 0 Å². The highest BCUT2D eigenvalue weighted by molar-refractivity contribution is 7.12. The topological polar surface area (TPSA) is 60.8 Å². The largest absolute Gasteiger partial charge is 0.388 e. The first-order valence-electron chi connectivity index (χ1n) is 4.37. The molecule has 76 valence electrons. The van der Waals surface area contributed by atoms with Crippen molar-refractivity contribution >= 4 is 17.2 Å². The molecule has 14 heavy (non-hydrogen) atoms. The number of carbonyl (C=O) groups is 1. The van der Waals surface area contributed by atoms with E-state index in [1.165, 1.54) is 16.2 Å². The normalized spacial score (nSPS) is 26.9. The number of aliphatic hydroxyl groups excluding tert-OH is 2. The summed E-state index contributed by atoms with van der Waals surface area (Å²) in [6, 6.07) is 3.55. The summed E-state index contributed by atoms with van der Waals surface area (Å²) in [6.07, 6.45) is -1.61. The van der Waals surface area contributed by atoms with Crippen LogP contribution in [0.5, 0.6) is 0 Å². The fourth-order valence-electron chi connectivity index (χ4n) is 1.49. The molecule has 1 aromatic rings. The summed E-state index contributed by atoms with van der Waals surface area (Å²) < 4.78 is 0. The lowest BCUT2D eigenvalue weighted by Crippen LogP contribution is -2.29. The number of β-amino-alcohol motifs (C(OH)–C–C–N with tert-alkyl or cyclic N) is 2. The number of amides is 1. The lowest BCUT2D eigenvalue weighted by Gasteiger charge is -2.13. The number of carbonyl (C=O) groups excluding carboxylic acids is 1. The van der Waals surface area contributed by atoms with E-state index in [4.69, 9.17) is 0 Å². The van der Waals surface area contributed by atoms with Gasteiger partial charge in [-0.05, 0) is 11.4 Å². The van der Waals surface area contributed by atoms with E-state index in [-0.39, 0.29) is 19.0 Å². The molecule has 2 atom stereocenters. The molecule has 0 aromatic carbocycles. The Hall–Kier alpha value is -0.910. The van der Waals surface area contributed by atoms with E-state index < -0.39 is 12.2 Å². The zero-order valence-corrected chi connectivity index (χ0v) is 8.28. The van der Waals surface area contributed by atoms with Gasteiger partial charge < -0.3 is 15.1 Å². The summed E-state index contributed by atoms with van der Waals surface area (Å²) >= 11 is 1.37. The van der Waals surface area contributed by atoms with Gasteiger partial charge in [0.05, 0.1) is 17.1 Å². The molecule has 0 unspecified atom stereocenters. The summed E-state index contributed by atoms with van der Waals surface area (Å²) in [4.78, 5) is 13.8. The summed E-state index contributed by atoms with van der Waals surface area (Å²) in [5.41, 5.74) is 0. The molecule has 1 fully saturated rings. The average molecular weight is 213 g/mol. The molecule has 1 saturated heterocycles. The van der Waals surface area contributed by atoms with Crippen LogP contribution in [0.1, 0.15) is 9.67 Å². The van der Waals surface area contributed by atoms with Gasteiger partial charge in [-0.1, -0.05) is 6.07 Å². The summed E-state index contributed by atoms with van der Waals surface area (Å²) in [7, 11) is 0. The molecule has 2 rings (SSSR count). The Kier molecular flexibility index (Phi) is 2.54. The van der Waals surface area contributed by atoms with Crippen LogP contribution in [0.2, 0.25) is 0 Å². The number of hydrogen-bond acceptors (Lipinski definition) is 4. The van der Waals surface area contributed by atoms with Gasteiger partial charge in [0.1, 0.15) is 0 Å². The standard InChI is InChI=1S/C9H11NO3S/c11-6-4-10(5-7(6)12)9(13)8-2-1-3-14-8/h1-3,6-7,11-12H,4-5H2/t6-,7+. The molecule has 1 aromatic heterocycles. The molecule has 0 bridgehead atoms. The maximum Gasteiger partial charge on any atom is 0.264 e. The first kappa shape index (κ1) is 9.64. The lowest BCUT2D eigenvalue weighted by molar-refractivity contribution is 0.0572. The van der Waals surface area contributed by atoms with Crippen molar-refractivity contribution in [2.45, 2.75) is 12.2 Å². The molecule has 0 saturated carbocycles. The van der Waals surface area contributed by atoms with Gasteiger partial charge in [0.2, 0.25) is 0 Å². The first-order chi connectivity index (χ1) is 6.68. The average Bonchev–Trinajstić information content (AvgIpc) is 2.76. The highest BCUT2D eigenvalue weighted by Gasteiger charge is 2.33. The summed E-state index contributed by atoms with van der Waals surface area (Å²) in [5, 5.41) is 20.4. The maximum absolute atomic E-state index is 11.7. The van der Waals surface area contributed by atoms with Crippen LogP contribution >= 0.6 is 11.3 Å². The van der Waals surface area contributed by atoms with E-state index in [1.54, 1.807) is 12.1 Å². The van der Waals surface area contributed by atoms with Crippen molar-refractivity contribution in [3.05, 3.63) is 22.4 Å². The van der Waals surface area contributed by atoms with Gasteiger partial charge >= 0.3 is 0 Å². The van der Waals surface area contributed by atoms with Crippen molar-refractivity contribution in [2.24, 2.45) is 0 Å². The van der Waals surface area contributed by atoms with E-state index in [9.17, 15) is 15.0 Å². The minimum atomic E-state index is -0.807. The molecule has 5 heteroatoms.